The van der Waals surface area contributed by atoms with Crippen LogP contribution in [-0.2, 0) is 16.4 Å². The highest BCUT2D eigenvalue weighted by Crippen LogP contribution is 2.02. The number of guanidine groups is 1. The maximum atomic E-state index is 12.8. The second-order valence-electron chi connectivity index (χ2n) is 4.47. The van der Waals surface area contributed by atoms with Gasteiger partial charge < -0.3 is 10.6 Å². The van der Waals surface area contributed by atoms with E-state index in [1.54, 1.807) is 19.2 Å². The number of rotatable bonds is 7. The molecule has 1 aromatic carbocycles. The standard InChI is InChI=1S/C13H21FN4O2S/c1-15-13(17-9-10-18-21(2,19)20)16-8-7-11-3-5-12(14)6-4-11/h3-6,18H,7-10H2,1-2H3,(H2,15,16,17). The summed E-state index contributed by atoms with van der Waals surface area (Å²) in [6, 6.07) is 6.34. The van der Waals surface area contributed by atoms with Gasteiger partial charge in [-0.2, -0.15) is 0 Å². The SMILES string of the molecule is CN=C(NCCNS(C)(=O)=O)NCCc1ccc(F)cc1. The Morgan fingerprint density at radius 2 is 1.76 bits per heavy atom. The van der Waals surface area contributed by atoms with Crippen molar-refractivity contribution in [1.82, 2.24) is 15.4 Å². The van der Waals surface area contributed by atoms with Crippen LogP contribution < -0.4 is 15.4 Å². The zero-order valence-electron chi connectivity index (χ0n) is 12.2. The van der Waals surface area contributed by atoms with E-state index in [0.717, 1.165) is 18.2 Å². The summed E-state index contributed by atoms with van der Waals surface area (Å²) in [5.41, 5.74) is 1.03. The molecule has 0 atom stereocenters. The predicted molar refractivity (Wildman–Crippen MR) is 82.3 cm³/mol. The Labute approximate surface area is 124 Å². The molecule has 0 radical (unpaired) electrons. The van der Waals surface area contributed by atoms with E-state index in [4.69, 9.17) is 0 Å². The lowest BCUT2D eigenvalue weighted by atomic mass is 10.1. The molecular weight excluding hydrogens is 295 g/mol. The van der Waals surface area contributed by atoms with Crippen LogP contribution in [0, 0.1) is 5.82 Å². The molecule has 0 aliphatic rings. The summed E-state index contributed by atoms with van der Waals surface area (Å²) < 4.78 is 36.9. The molecule has 0 bridgehead atoms. The minimum absolute atomic E-state index is 0.248. The van der Waals surface area contributed by atoms with Crippen molar-refractivity contribution in [3.8, 4) is 0 Å². The van der Waals surface area contributed by atoms with Crippen LogP contribution in [0.2, 0.25) is 0 Å². The molecule has 1 rings (SSSR count). The van der Waals surface area contributed by atoms with Crippen LogP contribution in [0.5, 0.6) is 0 Å². The molecule has 21 heavy (non-hydrogen) atoms. The maximum absolute atomic E-state index is 12.8. The summed E-state index contributed by atoms with van der Waals surface area (Å²) in [6.07, 6.45) is 1.85. The Kier molecular flexibility index (Phi) is 7.10. The van der Waals surface area contributed by atoms with Crippen LogP contribution >= 0.6 is 0 Å². The number of sulfonamides is 1. The lowest BCUT2D eigenvalue weighted by molar-refractivity contribution is 0.586. The topological polar surface area (TPSA) is 82.6 Å². The van der Waals surface area contributed by atoms with E-state index in [1.807, 2.05) is 0 Å². The molecule has 118 valence electrons. The van der Waals surface area contributed by atoms with E-state index in [-0.39, 0.29) is 12.4 Å². The first-order chi connectivity index (χ1) is 9.90. The summed E-state index contributed by atoms with van der Waals surface area (Å²) in [5, 5.41) is 6.09. The third-order valence-electron chi connectivity index (χ3n) is 2.62. The van der Waals surface area contributed by atoms with Gasteiger partial charge in [0.25, 0.3) is 0 Å². The summed E-state index contributed by atoms with van der Waals surface area (Å²) in [5.74, 6) is 0.343. The van der Waals surface area contributed by atoms with Gasteiger partial charge in [0.2, 0.25) is 10.0 Å². The second kappa shape index (κ2) is 8.58. The first-order valence-electron chi connectivity index (χ1n) is 6.54. The fourth-order valence-corrected chi connectivity index (χ4v) is 2.09. The third kappa shape index (κ3) is 8.26. The quantitative estimate of drug-likeness (QED) is 0.378. The van der Waals surface area contributed by atoms with Crippen molar-refractivity contribution < 1.29 is 12.8 Å². The fraction of sp³-hybridized carbons (Fsp3) is 0.462. The first kappa shape index (κ1) is 17.4. The van der Waals surface area contributed by atoms with Crippen molar-refractivity contribution in [1.29, 1.82) is 0 Å². The Bertz CT molecular complexity index is 558. The number of halogens is 1. The largest absolute Gasteiger partial charge is 0.356 e. The summed E-state index contributed by atoms with van der Waals surface area (Å²) in [4.78, 5) is 4.02. The summed E-state index contributed by atoms with van der Waals surface area (Å²) >= 11 is 0. The number of nitrogens with one attached hydrogen (secondary N) is 3. The summed E-state index contributed by atoms with van der Waals surface area (Å²) in [7, 11) is -1.53. The molecular formula is C13H21FN4O2S. The molecule has 0 spiro atoms. The minimum atomic E-state index is -3.17. The molecule has 0 aliphatic heterocycles. The molecule has 0 aromatic heterocycles. The van der Waals surface area contributed by atoms with Crippen molar-refractivity contribution >= 4 is 16.0 Å². The number of nitrogens with zero attached hydrogens (tertiary/aromatic N) is 1. The van der Waals surface area contributed by atoms with Gasteiger partial charge in [0.1, 0.15) is 5.82 Å². The molecule has 0 heterocycles. The van der Waals surface area contributed by atoms with Crippen LogP contribution in [0.3, 0.4) is 0 Å². The van der Waals surface area contributed by atoms with Crippen LogP contribution in [0.25, 0.3) is 0 Å². The van der Waals surface area contributed by atoms with Gasteiger partial charge in [-0.3, -0.25) is 4.99 Å². The second-order valence-corrected chi connectivity index (χ2v) is 6.30. The Balaban J connectivity index is 2.24. The molecule has 3 N–H and O–H groups in total. The molecule has 0 amide bonds. The van der Waals surface area contributed by atoms with Gasteiger partial charge in [-0.1, -0.05) is 12.1 Å². The average Bonchev–Trinajstić information content (AvgIpc) is 2.42. The number of hydrogen-bond acceptors (Lipinski definition) is 3. The normalized spacial score (nSPS) is 12.2. The van der Waals surface area contributed by atoms with E-state index in [1.165, 1.54) is 12.1 Å². The van der Waals surface area contributed by atoms with Crippen molar-refractivity contribution in [3.05, 3.63) is 35.6 Å². The van der Waals surface area contributed by atoms with Crippen LogP contribution in [0.15, 0.2) is 29.3 Å². The van der Waals surface area contributed by atoms with E-state index in [2.05, 4.69) is 20.3 Å². The minimum Gasteiger partial charge on any atom is -0.356 e. The van der Waals surface area contributed by atoms with Gasteiger partial charge in [0, 0.05) is 26.7 Å². The Morgan fingerprint density at radius 3 is 2.33 bits per heavy atom. The Morgan fingerprint density at radius 1 is 1.14 bits per heavy atom. The van der Waals surface area contributed by atoms with Crippen molar-refractivity contribution in [2.75, 3.05) is 32.9 Å². The molecule has 0 aliphatic carbocycles. The molecule has 6 nitrogen and oxygen atoms in total. The predicted octanol–water partition coefficient (Wildman–Crippen LogP) is 0.0824. The lowest BCUT2D eigenvalue weighted by Crippen LogP contribution is -2.42. The van der Waals surface area contributed by atoms with E-state index < -0.39 is 10.0 Å². The van der Waals surface area contributed by atoms with Gasteiger partial charge in [-0.25, -0.2) is 17.5 Å². The van der Waals surface area contributed by atoms with Gasteiger partial charge in [-0.05, 0) is 24.1 Å². The van der Waals surface area contributed by atoms with E-state index in [0.29, 0.717) is 19.0 Å². The van der Waals surface area contributed by atoms with Crippen molar-refractivity contribution in [2.45, 2.75) is 6.42 Å². The monoisotopic (exact) mass is 316 g/mol. The maximum Gasteiger partial charge on any atom is 0.208 e. The molecule has 0 unspecified atom stereocenters. The van der Waals surface area contributed by atoms with E-state index in [9.17, 15) is 12.8 Å². The third-order valence-corrected chi connectivity index (χ3v) is 3.35. The Hall–Kier alpha value is -1.67. The molecule has 0 saturated heterocycles. The van der Waals surface area contributed by atoms with Gasteiger partial charge in [-0.15, -0.1) is 0 Å². The first-order valence-corrected chi connectivity index (χ1v) is 8.43. The average molecular weight is 316 g/mol. The van der Waals surface area contributed by atoms with Gasteiger partial charge >= 0.3 is 0 Å². The smallest absolute Gasteiger partial charge is 0.208 e. The van der Waals surface area contributed by atoms with Crippen molar-refractivity contribution in [2.24, 2.45) is 4.99 Å². The number of hydrogen-bond donors (Lipinski definition) is 3. The highest BCUT2D eigenvalue weighted by molar-refractivity contribution is 7.88. The molecule has 1 aromatic rings. The molecule has 0 fully saturated rings. The lowest BCUT2D eigenvalue weighted by Gasteiger charge is -2.12. The van der Waals surface area contributed by atoms with Gasteiger partial charge in [0.05, 0.1) is 6.26 Å². The fourth-order valence-electron chi connectivity index (χ4n) is 1.61. The molecule has 0 saturated carbocycles. The van der Waals surface area contributed by atoms with Crippen LogP contribution in [-0.4, -0.2) is 47.3 Å². The number of aliphatic imine (C=N–C) groups is 1. The highest BCUT2D eigenvalue weighted by atomic mass is 32.2. The van der Waals surface area contributed by atoms with Crippen molar-refractivity contribution in [3.63, 3.8) is 0 Å². The van der Waals surface area contributed by atoms with E-state index >= 15 is 0 Å². The van der Waals surface area contributed by atoms with Crippen LogP contribution in [0.4, 0.5) is 4.39 Å². The zero-order chi connectivity index (χ0) is 15.7. The summed E-state index contributed by atoms with van der Waals surface area (Å²) in [6.45, 7) is 1.37. The highest BCUT2D eigenvalue weighted by Gasteiger charge is 2.01. The van der Waals surface area contributed by atoms with Crippen LogP contribution in [0.1, 0.15) is 5.56 Å². The number of benzene rings is 1. The molecule has 8 heteroatoms. The zero-order valence-corrected chi connectivity index (χ0v) is 13.0. The van der Waals surface area contributed by atoms with Gasteiger partial charge in [0.15, 0.2) is 5.96 Å².